The highest BCUT2D eigenvalue weighted by Gasteiger charge is 2.25. The molecule has 22 heavy (non-hydrogen) atoms. The van der Waals surface area contributed by atoms with Crippen molar-refractivity contribution in [2.45, 2.75) is 30.4 Å². The van der Waals surface area contributed by atoms with Crippen LogP contribution in [0.15, 0.2) is 35.7 Å². The zero-order valence-corrected chi connectivity index (χ0v) is 13.8. The van der Waals surface area contributed by atoms with Crippen molar-refractivity contribution in [2.75, 3.05) is 7.11 Å². The van der Waals surface area contributed by atoms with E-state index in [-0.39, 0.29) is 4.75 Å². The topological polar surface area (TPSA) is 72.3 Å². The fourth-order valence-corrected chi connectivity index (χ4v) is 3.41. The summed E-state index contributed by atoms with van der Waals surface area (Å²) in [5, 5.41) is 6.76. The van der Waals surface area contributed by atoms with Crippen LogP contribution < -0.4 is 4.74 Å². The van der Waals surface area contributed by atoms with Gasteiger partial charge in [0.15, 0.2) is 0 Å². The van der Waals surface area contributed by atoms with Gasteiger partial charge in [-0.25, -0.2) is 4.98 Å². The van der Waals surface area contributed by atoms with Crippen LogP contribution in [0.5, 0.6) is 5.75 Å². The smallest absolute Gasteiger partial charge is 0.140 e. The Balaban J connectivity index is 2.24. The van der Waals surface area contributed by atoms with Gasteiger partial charge in [0, 0.05) is 28.8 Å². The molecule has 0 aromatic carbocycles. The van der Waals surface area contributed by atoms with Crippen molar-refractivity contribution in [1.82, 2.24) is 19.6 Å². The number of fused-ring (bicyclic) bond motifs is 1. The summed E-state index contributed by atoms with van der Waals surface area (Å²) >= 11 is 0. The molecule has 0 fully saturated rings. The highest BCUT2D eigenvalue weighted by Crippen LogP contribution is 2.31. The van der Waals surface area contributed by atoms with Gasteiger partial charge in [-0.3, -0.25) is 13.7 Å². The first-order valence-electron chi connectivity index (χ1n) is 6.88. The van der Waals surface area contributed by atoms with Crippen molar-refractivity contribution in [2.24, 2.45) is 0 Å². The molecule has 3 heterocycles. The lowest BCUT2D eigenvalue weighted by Gasteiger charge is -2.19. The largest absolute Gasteiger partial charge is 0.495 e. The molecule has 0 aliphatic carbocycles. The zero-order chi connectivity index (χ0) is 15.9. The molecule has 3 aromatic heterocycles. The van der Waals surface area contributed by atoms with E-state index < -0.39 is 10.8 Å². The number of H-pyrrole nitrogens is 1. The van der Waals surface area contributed by atoms with Gasteiger partial charge < -0.3 is 4.74 Å². The Labute approximate surface area is 131 Å². The maximum Gasteiger partial charge on any atom is 0.140 e. The third-order valence-corrected chi connectivity index (χ3v) is 5.16. The van der Waals surface area contributed by atoms with Gasteiger partial charge in [-0.05, 0) is 20.8 Å². The molecular formula is C15H18N4O2S. The molecule has 0 aliphatic heterocycles. The van der Waals surface area contributed by atoms with Gasteiger partial charge in [0.25, 0.3) is 0 Å². The quantitative estimate of drug-likeness (QED) is 0.806. The van der Waals surface area contributed by atoms with Crippen molar-refractivity contribution >= 4 is 16.4 Å². The first-order valence-corrected chi connectivity index (χ1v) is 8.03. The molecule has 0 bridgehead atoms. The Kier molecular flexibility index (Phi) is 3.52. The fourth-order valence-electron chi connectivity index (χ4n) is 2.22. The molecule has 0 saturated carbocycles. The third kappa shape index (κ3) is 2.41. The van der Waals surface area contributed by atoms with Crippen LogP contribution in [0.25, 0.3) is 16.9 Å². The second kappa shape index (κ2) is 5.24. The molecule has 6 nitrogen and oxygen atoms in total. The normalized spacial score (nSPS) is 13.5. The van der Waals surface area contributed by atoms with Crippen LogP contribution in [0.2, 0.25) is 0 Å². The van der Waals surface area contributed by atoms with Crippen molar-refractivity contribution in [3.05, 3.63) is 30.9 Å². The summed E-state index contributed by atoms with van der Waals surface area (Å²) in [4.78, 5) is 5.05. The Bertz CT molecular complexity index is 831. The predicted octanol–water partition coefficient (Wildman–Crippen LogP) is 2.64. The highest BCUT2D eigenvalue weighted by molar-refractivity contribution is 7.86. The van der Waals surface area contributed by atoms with Gasteiger partial charge >= 0.3 is 0 Å². The number of aromatic nitrogens is 4. The average Bonchev–Trinajstić information content (AvgIpc) is 3.12. The first kappa shape index (κ1) is 14.8. The summed E-state index contributed by atoms with van der Waals surface area (Å²) in [5.41, 5.74) is 2.55. The molecular weight excluding hydrogens is 300 g/mol. The number of imidazole rings is 1. The monoisotopic (exact) mass is 318 g/mol. The van der Waals surface area contributed by atoms with Crippen LogP contribution in [0.4, 0.5) is 0 Å². The number of pyridine rings is 1. The van der Waals surface area contributed by atoms with E-state index in [0.717, 1.165) is 16.9 Å². The predicted molar refractivity (Wildman–Crippen MR) is 85.5 cm³/mol. The van der Waals surface area contributed by atoms with Crippen molar-refractivity contribution in [3.8, 4) is 17.0 Å². The van der Waals surface area contributed by atoms with Gasteiger partial charge in [0.2, 0.25) is 0 Å². The first-order chi connectivity index (χ1) is 10.4. The summed E-state index contributed by atoms with van der Waals surface area (Å²) in [7, 11) is 0.374. The second-order valence-corrected chi connectivity index (χ2v) is 8.15. The molecule has 1 atom stereocenters. The van der Waals surface area contributed by atoms with E-state index in [1.54, 1.807) is 25.7 Å². The van der Waals surface area contributed by atoms with Gasteiger partial charge in [-0.15, -0.1) is 0 Å². The van der Waals surface area contributed by atoms with E-state index in [9.17, 15) is 4.21 Å². The minimum absolute atomic E-state index is 0.378. The van der Waals surface area contributed by atoms with Crippen LogP contribution in [0, 0.1) is 0 Å². The molecule has 0 spiro atoms. The molecule has 116 valence electrons. The number of hydrogen-bond donors (Lipinski definition) is 1. The van der Waals surface area contributed by atoms with Gasteiger partial charge in [-0.1, -0.05) is 0 Å². The molecule has 0 radical (unpaired) electrons. The molecule has 0 saturated heterocycles. The van der Waals surface area contributed by atoms with Crippen molar-refractivity contribution < 1.29 is 8.95 Å². The second-order valence-electron chi connectivity index (χ2n) is 5.95. The molecule has 0 aliphatic rings. The van der Waals surface area contributed by atoms with Gasteiger partial charge in [0.1, 0.15) is 11.4 Å². The summed E-state index contributed by atoms with van der Waals surface area (Å²) in [5.74, 6) is 0.588. The fraction of sp³-hybridized carbons (Fsp3) is 0.333. The average molecular weight is 318 g/mol. The van der Waals surface area contributed by atoms with Crippen molar-refractivity contribution in [1.29, 1.82) is 0 Å². The van der Waals surface area contributed by atoms with E-state index in [1.165, 1.54) is 0 Å². The Morgan fingerprint density at radius 3 is 2.68 bits per heavy atom. The summed E-state index contributed by atoms with van der Waals surface area (Å²) in [6.07, 6.45) is 7.14. The van der Waals surface area contributed by atoms with Crippen molar-refractivity contribution in [3.63, 3.8) is 0 Å². The maximum atomic E-state index is 12.8. The number of nitrogens with one attached hydrogen (secondary N) is 1. The highest BCUT2D eigenvalue weighted by atomic mass is 32.2. The van der Waals surface area contributed by atoms with Gasteiger partial charge in [0.05, 0.1) is 40.9 Å². The van der Waals surface area contributed by atoms with Crippen LogP contribution in [-0.4, -0.2) is 35.6 Å². The minimum Gasteiger partial charge on any atom is -0.495 e. The van der Waals surface area contributed by atoms with Gasteiger partial charge in [-0.2, -0.15) is 5.10 Å². The third-order valence-electron chi connectivity index (χ3n) is 3.34. The zero-order valence-electron chi connectivity index (χ0n) is 13.0. The molecule has 1 unspecified atom stereocenters. The number of hydrogen-bond acceptors (Lipinski definition) is 4. The number of rotatable bonds is 3. The molecule has 0 amide bonds. The Morgan fingerprint density at radius 2 is 2.09 bits per heavy atom. The Hall–Kier alpha value is -2.15. The maximum absolute atomic E-state index is 12.8. The van der Waals surface area contributed by atoms with E-state index in [2.05, 4.69) is 15.2 Å². The minimum atomic E-state index is -1.20. The van der Waals surface area contributed by atoms with Crippen LogP contribution in [-0.2, 0) is 10.8 Å². The summed E-state index contributed by atoms with van der Waals surface area (Å²) in [6, 6.07) is 1.81. The lowest BCUT2D eigenvalue weighted by Crippen LogP contribution is -2.22. The standard InChI is InChI=1S/C15H18N4O2S/c1-15(2,3)22(20)13-9-19-11(10-6-17-18-7-10)8-16-14(19)5-12(13)21-4/h5-9H,1-4H3,(H,17,18). The lowest BCUT2D eigenvalue weighted by molar-refractivity contribution is 0.403. The van der Waals surface area contributed by atoms with Crippen LogP contribution in [0.1, 0.15) is 20.8 Å². The lowest BCUT2D eigenvalue weighted by atomic mass is 10.3. The number of aromatic amines is 1. The molecule has 7 heteroatoms. The summed E-state index contributed by atoms with van der Waals surface area (Å²) in [6.45, 7) is 5.83. The SMILES string of the molecule is COc1cc2ncc(-c3cn[nH]c3)n2cc1S(=O)C(C)(C)C. The number of nitrogens with zero attached hydrogens (tertiary/aromatic N) is 3. The van der Waals surface area contributed by atoms with Crippen LogP contribution in [0.3, 0.4) is 0 Å². The Morgan fingerprint density at radius 1 is 1.32 bits per heavy atom. The number of methoxy groups -OCH3 is 1. The van der Waals surface area contributed by atoms with Crippen LogP contribution >= 0.6 is 0 Å². The molecule has 3 aromatic rings. The van der Waals surface area contributed by atoms with E-state index >= 15 is 0 Å². The van der Waals surface area contributed by atoms with E-state index in [1.807, 2.05) is 37.4 Å². The number of ether oxygens (including phenoxy) is 1. The molecule has 3 rings (SSSR count). The molecule has 1 N–H and O–H groups in total. The van der Waals surface area contributed by atoms with E-state index in [4.69, 9.17) is 4.74 Å². The summed E-state index contributed by atoms with van der Waals surface area (Å²) < 4.78 is 19.7. The van der Waals surface area contributed by atoms with E-state index in [0.29, 0.717) is 10.6 Å².